The van der Waals surface area contributed by atoms with Gasteiger partial charge in [0.25, 0.3) is 5.69 Å². The van der Waals surface area contributed by atoms with Crippen molar-refractivity contribution in [2.75, 3.05) is 24.4 Å². The fourth-order valence-corrected chi connectivity index (χ4v) is 4.60. The van der Waals surface area contributed by atoms with E-state index in [9.17, 15) is 23.3 Å². The van der Waals surface area contributed by atoms with Crippen LogP contribution in [0.4, 0.5) is 11.4 Å². The summed E-state index contributed by atoms with van der Waals surface area (Å²) in [6.07, 6.45) is 2.16. The monoisotopic (exact) mass is 368 g/mol. The summed E-state index contributed by atoms with van der Waals surface area (Å²) in [4.78, 5) is 24.3. The summed E-state index contributed by atoms with van der Waals surface area (Å²) < 4.78 is 27.4. The smallest absolute Gasteiger partial charge is 0.271 e. The van der Waals surface area contributed by atoms with Crippen LogP contribution in [0.2, 0.25) is 0 Å². The molecule has 10 heteroatoms. The molecule has 0 aromatic heterocycles. The van der Waals surface area contributed by atoms with Crippen molar-refractivity contribution in [3.63, 3.8) is 0 Å². The molecule has 2 unspecified atom stereocenters. The number of hydrogen-bond donors (Lipinski definition) is 2. The van der Waals surface area contributed by atoms with E-state index < -0.39 is 26.2 Å². The molecule has 2 heterocycles. The van der Waals surface area contributed by atoms with Crippen molar-refractivity contribution in [1.29, 1.82) is 0 Å². The number of nitro benzene ring substituents is 1. The van der Waals surface area contributed by atoms with Crippen LogP contribution in [0.15, 0.2) is 24.3 Å². The van der Waals surface area contributed by atoms with Gasteiger partial charge < -0.3 is 10.2 Å². The molecule has 1 aromatic carbocycles. The van der Waals surface area contributed by atoms with Crippen molar-refractivity contribution < 1.29 is 18.1 Å². The van der Waals surface area contributed by atoms with Gasteiger partial charge in [0.1, 0.15) is 0 Å². The second-order valence-electron chi connectivity index (χ2n) is 6.31. The second kappa shape index (κ2) is 6.96. The highest BCUT2D eigenvalue weighted by Gasteiger charge is 2.39. The van der Waals surface area contributed by atoms with Crippen LogP contribution in [0.5, 0.6) is 0 Å². The first kappa shape index (κ1) is 17.6. The Hall–Kier alpha value is -2.20. The first-order valence-electron chi connectivity index (χ1n) is 8.15. The van der Waals surface area contributed by atoms with E-state index in [2.05, 4.69) is 10.0 Å². The Kier molecular flexibility index (Phi) is 4.91. The van der Waals surface area contributed by atoms with Gasteiger partial charge in [-0.05, 0) is 25.3 Å². The standard InChI is InChI=1S/C15H20N4O5S/c20-15(18-6-1-2-7-18)14-9-13(10-16-14)25(23,24)17-11-4-3-5-12(8-11)19(21)22/h3-5,8,13-14,16-17H,1-2,6-7,9-10H2. The summed E-state index contributed by atoms with van der Waals surface area (Å²) in [5.41, 5.74) is -0.0460. The summed E-state index contributed by atoms with van der Waals surface area (Å²) in [6, 6.07) is 4.85. The molecule has 2 N–H and O–H groups in total. The molecule has 3 rings (SSSR count). The molecule has 0 bridgehead atoms. The number of hydrogen-bond acceptors (Lipinski definition) is 6. The summed E-state index contributed by atoms with van der Waals surface area (Å²) in [5, 5.41) is 13.0. The molecule has 25 heavy (non-hydrogen) atoms. The molecule has 2 aliphatic heterocycles. The molecular formula is C15H20N4O5S. The third-order valence-electron chi connectivity index (χ3n) is 4.56. The second-order valence-corrected chi connectivity index (χ2v) is 8.27. The average molecular weight is 368 g/mol. The van der Waals surface area contributed by atoms with E-state index in [0.29, 0.717) is 0 Å². The van der Waals surface area contributed by atoms with Crippen LogP contribution in [-0.2, 0) is 14.8 Å². The van der Waals surface area contributed by atoms with Gasteiger partial charge in [0.05, 0.1) is 21.9 Å². The van der Waals surface area contributed by atoms with E-state index in [4.69, 9.17) is 0 Å². The Morgan fingerprint density at radius 1 is 1.32 bits per heavy atom. The number of likely N-dealkylation sites (tertiary alicyclic amines) is 1. The number of sulfonamides is 1. The fraction of sp³-hybridized carbons (Fsp3) is 0.533. The van der Waals surface area contributed by atoms with Gasteiger partial charge in [0, 0.05) is 31.8 Å². The fourth-order valence-electron chi connectivity index (χ4n) is 3.22. The number of amides is 1. The maximum atomic E-state index is 12.5. The number of benzene rings is 1. The lowest BCUT2D eigenvalue weighted by Gasteiger charge is -2.20. The van der Waals surface area contributed by atoms with Gasteiger partial charge >= 0.3 is 0 Å². The number of anilines is 1. The molecule has 0 aliphatic carbocycles. The van der Waals surface area contributed by atoms with Crippen molar-refractivity contribution in [1.82, 2.24) is 10.2 Å². The lowest BCUT2D eigenvalue weighted by atomic mass is 10.2. The first-order chi connectivity index (χ1) is 11.9. The van der Waals surface area contributed by atoms with Crippen LogP contribution in [0.25, 0.3) is 0 Å². The van der Waals surface area contributed by atoms with Crippen molar-refractivity contribution in [3.8, 4) is 0 Å². The van der Waals surface area contributed by atoms with Gasteiger partial charge in [-0.15, -0.1) is 0 Å². The lowest BCUT2D eigenvalue weighted by molar-refractivity contribution is -0.384. The third-order valence-corrected chi connectivity index (χ3v) is 6.32. The lowest BCUT2D eigenvalue weighted by Crippen LogP contribution is -2.42. The van der Waals surface area contributed by atoms with Crippen molar-refractivity contribution in [3.05, 3.63) is 34.4 Å². The quantitative estimate of drug-likeness (QED) is 0.582. The molecule has 0 saturated carbocycles. The zero-order chi connectivity index (χ0) is 18.0. The number of carbonyl (C=O) groups excluding carboxylic acids is 1. The van der Waals surface area contributed by atoms with E-state index in [1.807, 2.05) is 0 Å². The Morgan fingerprint density at radius 2 is 2.04 bits per heavy atom. The maximum absolute atomic E-state index is 12.5. The number of rotatable bonds is 5. The van der Waals surface area contributed by atoms with E-state index in [-0.39, 0.29) is 30.2 Å². The predicted octanol–water partition coefficient (Wildman–Crippen LogP) is 0.689. The van der Waals surface area contributed by atoms with E-state index in [1.54, 1.807) is 4.90 Å². The number of non-ortho nitro benzene ring substituents is 1. The normalized spacial score (nSPS) is 23.6. The van der Waals surface area contributed by atoms with Crippen molar-refractivity contribution in [2.24, 2.45) is 0 Å². The Bertz CT molecular complexity index is 776. The number of nitrogens with one attached hydrogen (secondary N) is 2. The number of carbonyl (C=O) groups is 1. The maximum Gasteiger partial charge on any atom is 0.271 e. The molecule has 1 aromatic rings. The van der Waals surface area contributed by atoms with Crippen LogP contribution in [0.1, 0.15) is 19.3 Å². The van der Waals surface area contributed by atoms with Crippen LogP contribution < -0.4 is 10.0 Å². The van der Waals surface area contributed by atoms with E-state index in [1.165, 1.54) is 24.3 Å². The Morgan fingerprint density at radius 3 is 2.72 bits per heavy atom. The zero-order valence-corrected chi connectivity index (χ0v) is 14.4. The van der Waals surface area contributed by atoms with Crippen molar-refractivity contribution in [2.45, 2.75) is 30.6 Å². The SMILES string of the molecule is O=C(C1CC(S(=O)(=O)Nc2cccc([N+](=O)[O-])c2)CN1)N1CCCC1. The van der Waals surface area contributed by atoms with Crippen LogP contribution >= 0.6 is 0 Å². The van der Waals surface area contributed by atoms with E-state index in [0.717, 1.165) is 25.9 Å². The Balaban J connectivity index is 1.66. The van der Waals surface area contributed by atoms with Gasteiger partial charge in [0.15, 0.2) is 0 Å². The molecule has 136 valence electrons. The highest BCUT2D eigenvalue weighted by atomic mass is 32.2. The highest BCUT2D eigenvalue weighted by Crippen LogP contribution is 2.23. The summed E-state index contributed by atoms with van der Waals surface area (Å²) in [5.74, 6) is -0.0504. The zero-order valence-electron chi connectivity index (χ0n) is 13.6. The topological polar surface area (TPSA) is 122 Å². The molecule has 2 atom stereocenters. The number of nitro groups is 1. The van der Waals surface area contributed by atoms with Gasteiger partial charge in [-0.3, -0.25) is 19.6 Å². The summed E-state index contributed by atoms with van der Waals surface area (Å²) in [7, 11) is -3.75. The number of nitrogens with zero attached hydrogens (tertiary/aromatic N) is 2. The van der Waals surface area contributed by atoms with Crippen LogP contribution in [0, 0.1) is 10.1 Å². The van der Waals surface area contributed by atoms with Gasteiger partial charge in [-0.25, -0.2) is 8.42 Å². The molecule has 2 fully saturated rings. The molecule has 0 spiro atoms. The molecule has 9 nitrogen and oxygen atoms in total. The van der Waals surface area contributed by atoms with Crippen molar-refractivity contribution >= 4 is 27.3 Å². The predicted molar refractivity (Wildman–Crippen MR) is 91.6 cm³/mol. The Labute approximate surface area is 145 Å². The largest absolute Gasteiger partial charge is 0.341 e. The van der Waals surface area contributed by atoms with E-state index >= 15 is 0 Å². The molecule has 0 radical (unpaired) electrons. The van der Waals surface area contributed by atoms with Gasteiger partial charge in [-0.1, -0.05) is 6.07 Å². The average Bonchev–Trinajstić information content (AvgIpc) is 3.26. The highest BCUT2D eigenvalue weighted by molar-refractivity contribution is 7.93. The molecular weight excluding hydrogens is 348 g/mol. The van der Waals surface area contributed by atoms with Gasteiger partial charge in [-0.2, -0.15) is 0 Å². The summed E-state index contributed by atoms with van der Waals surface area (Å²) >= 11 is 0. The third kappa shape index (κ3) is 3.90. The molecule has 2 saturated heterocycles. The molecule has 1 amide bonds. The van der Waals surface area contributed by atoms with Crippen LogP contribution in [-0.4, -0.2) is 55.1 Å². The summed E-state index contributed by atoms with van der Waals surface area (Å²) in [6.45, 7) is 1.62. The minimum Gasteiger partial charge on any atom is -0.341 e. The minimum absolute atomic E-state index is 0.0504. The minimum atomic E-state index is -3.75. The first-order valence-corrected chi connectivity index (χ1v) is 9.70. The molecule has 2 aliphatic rings. The van der Waals surface area contributed by atoms with Crippen LogP contribution in [0.3, 0.4) is 0 Å². The van der Waals surface area contributed by atoms with Gasteiger partial charge in [0.2, 0.25) is 15.9 Å².